The highest BCUT2D eigenvalue weighted by molar-refractivity contribution is 5.39. The van der Waals surface area contributed by atoms with Crippen LogP contribution in [0.1, 0.15) is 19.8 Å². The molecule has 0 amide bonds. The number of anilines is 1. The standard InChI is InChI=1S/C11H13F3N2O/c1-11(2-4-17-5-3-11)16-10-8(13)6-7(12)9(14)15-10/h6H,2-5H2,1H3,(H,15,16). The van der Waals surface area contributed by atoms with Crippen molar-refractivity contribution in [2.75, 3.05) is 18.5 Å². The molecule has 2 rings (SSSR count). The lowest BCUT2D eigenvalue weighted by molar-refractivity contribution is 0.0655. The second-order valence-corrected chi connectivity index (χ2v) is 4.39. The molecule has 94 valence electrons. The summed E-state index contributed by atoms with van der Waals surface area (Å²) in [5, 5.41) is 2.82. The first kappa shape index (κ1) is 12.2. The maximum Gasteiger partial charge on any atom is 0.251 e. The topological polar surface area (TPSA) is 34.2 Å². The average molecular weight is 246 g/mol. The number of halogens is 3. The summed E-state index contributed by atoms with van der Waals surface area (Å²) in [6, 6.07) is 0.493. The Bertz CT molecular complexity index is 419. The van der Waals surface area contributed by atoms with Crippen LogP contribution in [0.25, 0.3) is 0 Å². The average Bonchev–Trinajstić information content (AvgIpc) is 2.26. The normalized spacial score (nSPS) is 19.1. The number of rotatable bonds is 2. The van der Waals surface area contributed by atoms with Crippen molar-refractivity contribution in [3.8, 4) is 0 Å². The third kappa shape index (κ3) is 2.69. The van der Waals surface area contributed by atoms with Crippen molar-refractivity contribution in [1.29, 1.82) is 0 Å². The number of nitrogens with one attached hydrogen (secondary N) is 1. The quantitative estimate of drug-likeness (QED) is 0.814. The van der Waals surface area contributed by atoms with Crippen molar-refractivity contribution in [1.82, 2.24) is 4.98 Å². The predicted molar refractivity (Wildman–Crippen MR) is 56.2 cm³/mol. The van der Waals surface area contributed by atoms with Crippen LogP contribution in [0, 0.1) is 17.6 Å². The van der Waals surface area contributed by atoms with Gasteiger partial charge in [0.15, 0.2) is 17.5 Å². The molecule has 17 heavy (non-hydrogen) atoms. The molecule has 1 aromatic heterocycles. The monoisotopic (exact) mass is 246 g/mol. The summed E-state index contributed by atoms with van der Waals surface area (Å²) in [6.07, 6.45) is 1.32. The van der Waals surface area contributed by atoms with E-state index < -0.39 is 23.1 Å². The summed E-state index contributed by atoms with van der Waals surface area (Å²) in [6.45, 7) is 2.97. The van der Waals surface area contributed by atoms with E-state index >= 15 is 0 Å². The second-order valence-electron chi connectivity index (χ2n) is 4.39. The molecule has 1 saturated heterocycles. The van der Waals surface area contributed by atoms with E-state index in [4.69, 9.17) is 4.74 Å². The van der Waals surface area contributed by atoms with Gasteiger partial charge >= 0.3 is 0 Å². The Labute approximate surface area is 97.0 Å². The van der Waals surface area contributed by atoms with E-state index in [0.29, 0.717) is 32.1 Å². The van der Waals surface area contributed by atoms with Crippen LogP contribution in [0.15, 0.2) is 6.07 Å². The van der Waals surface area contributed by atoms with Gasteiger partial charge in [-0.25, -0.2) is 8.78 Å². The number of hydrogen-bond donors (Lipinski definition) is 1. The van der Waals surface area contributed by atoms with Crippen molar-refractivity contribution in [2.45, 2.75) is 25.3 Å². The highest BCUT2D eigenvalue weighted by atomic mass is 19.2. The number of nitrogens with zero attached hydrogens (tertiary/aromatic N) is 1. The summed E-state index contributed by atoms with van der Waals surface area (Å²) in [5.74, 6) is -3.74. The molecule has 0 bridgehead atoms. The molecule has 1 aromatic rings. The van der Waals surface area contributed by atoms with Gasteiger partial charge in [-0.3, -0.25) is 0 Å². The van der Waals surface area contributed by atoms with Crippen molar-refractivity contribution < 1.29 is 17.9 Å². The fourth-order valence-corrected chi connectivity index (χ4v) is 1.76. The van der Waals surface area contributed by atoms with E-state index in [2.05, 4.69) is 10.3 Å². The van der Waals surface area contributed by atoms with Crippen LogP contribution < -0.4 is 5.32 Å². The molecule has 0 spiro atoms. The zero-order valence-corrected chi connectivity index (χ0v) is 9.40. The minimum atomic E-state index is -1.30. The Morgan fingerprint density at radius 3 is 2.53 bits per heavy atom. The Balaban J connectivity index is 2.20. The Kier molecular flexibility index (Phi) is 3.24. The summed E-state index contributed by atoms with van der Waals surface area (Å²) >= 11 is 0. The van der Waals surface area contributed by atoms with Crippen LogP contribution in [0.2, 0.25) is 0 Å². The molecule has 0 saturated carbocycles. The van der Waals surface area contributed by atoms with Crippen LogP contribution in [0.4, 0.5) is 19.0 Å². The second kappa shape index (κ2) is 4.52. The SMILES string of the molecule is CC1(Nc2nc(F)c(F)cc2F)CCOCC1. The molecule has 2 heterocycles. The van der Waals surface area contributed by atoms with Gasteiger partial charge in [0.1, 0.15) is 0 Å². The molecular formula is C11H13F3N2O. The van der Waals surface area contributed by atoms with Crippen molar-refractivity contribution in [2.24, 2.45) is 0 Å². The molecule has 6 heteroatoms. The molecule has 1 aliphatic rings. The Morgan fingerprint density at radius 1 is 1.24 bits per heavy atom. The Morgan fingerprint density at radius 2 is 1.88 bits per heavy atom. The van der Waals surface area contributed by atoms with Gasteiger partial charge < -0.3 is 10.1 Å². The maximum atomic E-state index is 13.4. The van der Waals surface area contributed by atoms with Crippen molar-refractivity contribution in [3.05, 3.63) is 23.6 Å². The first-order valence-corrected chi connectivity index (χ1v) is 5.38. The number of ether oxygens (including phenoxy) is 1. The van der Waals surface area contributed by atoms with E-state index in [1.165, 1.54) is 0 Å². The molecule has 0 atom stereocenters. The minimum absolute atomic E-state index is 0.256. The molecule has 3 nitrogen and oxygen atoms in total. The summed E-state index contributed by atoms with van der Waals surface area (Å²) in [7, 11) is 0. The molecule has 0 unspecified atom stereocenters. The smallest absolute Gasteiger partial charge is 0.251 e. The molecule has 1 fully saturated rings. The third-order valence-electron chi connectivity index (χ3n) is 2.90. The van der Waals surface area contributed by atoms with Gasteiger partial charge in [-0.15, -0.1) is 0 Å². The van der Waals surface area contributed by atoms with E-state index in [0.717, 1.165) is 0 Å². The lowest BCUT2D eigenvalue weighted by atomic mass is 9.92. The molecule has 1 N–H and O–H groups in total. The van der Waals surface area contributed by atoms with Gasteiger partial charge in [-0.2, -0.15) is 9.37 Å². The third-order valence-corrected chi connectivity index (χ3v) is 2.90. The van der Waals surface area contributed by atoms with E-state index in [1.54, 1.807) is 0 Å². The largest absolute Gasteiger partial charge is 0.381 e. The zero-order chi connectivity index (χ0) is 12.5. The predicted octanol–water partition coefficient (Wildman–Crippen LogP) is 2.48. The first-order valence-electron chi connectivity index (χ1n) is 5.38. The zero-order valence-electron chi connectivity index (χ0n) is 9.40. The number of pyridine rings is 1. The summed E-state index contributed by atoms with van der Waals surface area (Å²) in [5.41, 5.74) is -0.406. The van der Waals surface area contributed by atoms with E-state index in [1.807, 2.05) is 6.92 Å². The van der Waals surface area contributed by atoms with Crippen molar-refractivity contribution in [3.63, 3.8) is 0 Å². The first-order chi connectivity index (χ1) is 8.00. The van der Waals surface area contributed by atoms with Gasteiger partial charge in [-0.05, 0) is 19.8 Å². The van der Waals surface area contributed by atoms with Gasteiger partial charge in [0.25, 0.3) is 5.95 Å². The number of aromatic nitrogens is 1. The van der Waals surface area contributed by atoms with Gasteiger partial charge in [-0.1, -0.05) is 0 Å². The lowest BCUT2D eigenvalue weighted by Crippen LogP contribution is -2.41. The van der Waals surface area contributed by atoms with E-state index in [-0.39, 0.29) is 5.82 Å². The summed E-state index contributed by atoms with van der Waals surface area (Å²) < 4.78 is 44.2. The maximum absolute atomic E-state index is 13.4. The summed E-state index contributed by atoms with van der Waals surface area (Å²) in [4.78, 5) is 3.24. The number of hydrogen-bond acceptors (Lipinski definition) is 3. The molecule has 0 aliphatic carbocycles. The van der Waals surface area contributed by atoms with Crippen LogP contribution in [-0.4, -0.2) is 23.7 Å². The fraction of sp³-hybridized carbons (Fsp3) is 0.545. The highest BCUT2D eigenvalue weighted by Gasteiger charge is 2.29. The fourth-order valence-electron chi connectivity index (χ4n) is 1.76. The van der Waals surface area contributed by atoms with Crippen LogP contribution >= 0.6 is 0 Å². The lowest BCUT2D eigenvalue weighted by Gasteiger charge is -2.34. The van der Waals surface area contributed by atoms with Crippen LogP contribution in [0.3, 0.4) is 0 Å². The molecule has 0 radical (unpaired) electrons. The molecule has 0 aromatic carbocycles. The molecule has 1 aliphatic heterocycles. The Hall–Kier alpha value is -1.30. The van der Waals surface area contributed by atoms with Crippen molar-refractivity contribution >= 4 is 5.82 Å². The van der Waals surface area contributed by atoms with Gasteiger partial charge in [0, 0.05) is 24.8 Å². The van der Waals surface area contributed by atoms with Gasteiger partial charge in [0.05, 0.1) is 0 Å². The highest BCUT2D eigenvalue weighted by Crippen LogP contribution is 2.26. The van der Waals surface area contributed by atoms with Gasteiger partial charge in [0.2, 0.25) is 0 Å². The molecular weight excluding hydrogens is 233 g/mol. The van der Waals surface area contributed by atoms with Crippen LogP contribution in [0.5, 0.6) is 0 Å². The van der Waals surface area contributed by atoms with E-state index in [9.17, 15) is 13.2 Å². The minimum Gasteiger partial charge on any atom is -0.381 e. The van der Waals surface area contributed by atoms with Crippen LogP contribution in [-0.2, 0) is 4.74 Å².